The Morgan fingerprint density at radius 2 is 2.35 bits per heavy atom. The number of halogens is 1. The number of para-hydroxylation sites is 1. The van der Waals surface area contributed by atoms with Gasteiger partial charge in [-0.1, -0.05) is 12.1 Å². The molecule has 1 heterocycles. The highest BCUT2D eigenvalue weighted by Crippen LogP contribution is 2.23. The highest BCUT2D eigenvalue weighted by molar-refractivity contribution is 9.10. The van der Waals surface area contributed by atoms with Crippen LogP contribution in [0.3, 0.4) is 0 Å². The predicted octanol–water partition coefficient (Wildman–Crippen LogP) is 3.57. The van der Waals surface area contributed by atoms with Gasteiger partial charge in [0.2, 0.25) is 0 Å². The molecule has 88 valence electrons. The Morgan fingerprint density at radius 1 is 1.53 bits per heavy atom. The lowest BCUT2D eigenvalue weighted by atomic mass is 10.2. The van der Waals surface area contributed by atoms with Crippen LogP contribution in [0.2, 0.25) is 0 Å². The third kappa shape index (κ3) is 2.74. The molecule has 0 atom stereocenters. The standard InChI is InChI=1S/C12H11BrN2O2/c1-2-17-12(16)15-10-5-3-4-8-6-9(13)7-14-11(8)10/h3-7H,2H2,1H3,(H,15,16). The van der Waals surface area contributed by atoms with Gasteiger partial charge in [-0.15, -0.1) is 0 Å². The normalized spacial score (nSPS) is 10.2. The fraction of sp³-hybridized carbons (Fsp3) is 0.167. The molecule has 2 rings (SSSR count). The van der Waals surface area contributed by atoms with Gasteiger partial charge in [-0.25, -0.2) is 4.79 Å². The van der Waals surface area contributed by atoms with Crippen LogP contribution in [-0.2, 0) is 4.74 Å². The number of amides is 1. The minimum atomic E-state index is -0.468. The van der Waals surface area contributed by atoms with E-state index in [0.29, 0.717) is 12.3 Å². The largest absolute Gasteiger partial charge is 0.450 e. The van der Waals surface area contributed by atoms with Crippen LogP contribution < -0.4 is 5.32 Å². The maximum atomic E-state index is 11.4. The van der Waals surface area contributed by atoms with Crippen LogP contribution in [0.25, 0.3) is 10.9 Å². The van der Waals surface area contributed by atoms with Gasteiger partial charge in [0.15, 0.2) is 0 Å². The molecule has 0 aliphatic carbocycles. The monoisotopic (exact) mass is 294 g/mol. The average Bonchev–Trinajstić information content (AvgIpc) is 2.29. The van der Waals surface area contributed by atoms with Gasteiger partial charge in [0.05, 0.1) is 17.8 Å². The number of fused-ring (bicyclic) bond motifs is 1. The lowest BCUT2D eigenvalue weighted by Gasteiger charge is -2.07. The Kier molecular flexibility index (Phi) is 3.58. The molecule has 1 N–H and O–H groups in total. The maximum Gasteiger partial charge on any atom is 0.411 e. The van der Waals surface area contributed by atoms with Crippen molar-refractivity contribution in [1.82, 2.24) is 4.98 Å². The topological polar surface area (TPSA) is 51.2 Å². The summed E-state index contributed by atoms with van der Waals surface area (Å²) < 4.78 is 5.73. The number of rotatable bonds is 2. The lowest BCUT2D eigenvalue weighted by molar-refractivity contribution is 0.168. The molecule has 1 amide bonds. The second-order valence-electron chi connectivity index (χ2n) is 3.38. The van der Waals surface area contributed by atoms with E-state index < -0.39 is 6.09 Å². The summed E-state index contributed by atoms with van der Waals surface area (Å²) in [6.45, 7) is 2.10. The van der Waals surface area contributed by atoms with Crippen molar-refractivity contribution < 1.29 is 9.53 Å². The van der Waals surface area contributed by atoms with Gasteiger partial charge < -0.3 is 4.74 Å². The van der Waals surface area contributed by atoms with E-state index >= 15 is 0 Å². The van der Waals surface area contributed by atoms with Gasteiger partial charge in [0.1, 0.15) is 0 Å². The fourth-order valence-electron chi connectivity index (χ4n) is 1.51. The van der Waals surface area contributed by atoms with Gasteiger partial charge >= 0.3 is 6.09 Å². The van der Waals surface area contributed by atoms with Crippen molar-refractivity contribution in [1.29, 1.82) is 0 Å². The van der Waals surface area contributed by atoms with E-state index in [2.05, 4.69) is 26.2 Å². The molecular formula is C12H11BrN2O2. The van der Waals surface area contributed by atoms with Crippen molar-refractivity contribution in [2.75, 3.05) is 11.9 Å². The maximum absolute atomic E-state index is 11.4. The molecule has 1 aromatic carbocycles. The number of ether oxygens (including phenoxy) is 1. The van der Waals surface area contributed by atoms with E-state index in [-0.39, 0.29) is 0 Å². The number of nitrogens with one attached hydrogen (secondary N) is 1. The molecule has 0 unspecified atom stereocenters. The third-order valence-corrected chi connectivity index (χ3v) is 2.62. The van der Waals surface area contributed by atoms with Gasteiger partial charge in [-0.2, -0.15) is 0 Å². The van der Waals surface area contributed by atoms with Crippen molar-refractivity contribution in [3.8, 4) is 0 Å². The molecule has 0 aliphatic rings. The highest BCUT2D eigenvalue weighted by atomic mass is 79.9. The summed E-state index contributed by atoms with van der Waals surface area (Å²) in [5, 5.41) is 3.62. The van der Waals surface area contributed by atoms with Crippen LogP contribution in [0.1, 0.15) is 6.92 Å². The summed E-state index contributed by atoms with van der Waals surface area (Å²) in [6, 6.07) is 7.53. The summed E-state index contributed by atoms with van der Waals surface area (Å²) in [5.74, 6) is 0. The second-order valence-corrected chi connectivity index (χ2v) is 4.29. The van der Waals surface area contributed by atoms with Crippen molar-refractivity contribution in [2.45, 2.75) is 6.92 Å². The SMILES string of the molecule is CCOC(=O)Nc1cccc2cc(Br)cnc12. The average molecular weight is 295 g/mol. The molecule has 1 aromatic heterocycles. The minimum absolute atomic E-state index is 0.343. The van der Waals surface area contributed by atoms with Gasteiger partial charge in [-0.05, 0) is 35.0 Å². The summed E-state index contributed by atoms with van der Waals surface area (Å²) in [4.78, 5) is 15.6. The molecule has 2 aromatic rings. The molecule has 0 saturated carbocycles. The van der Waals surface area contributed by atoms with Crippen molar-refractivity contribution in [3.63, 3.8) is 0 Å². The summed E-state index contributed by atoms with van der Waals surface area (Å²) in [6.07, 6.45) is 1.23. The molecule has 0 saturated heterocycles. The second kappa shape index (κ2) is 5.14. The van der Waals surface area contributed by atoms with E-state index in [1.165, 1.54) is 0 Å². The zero-order valence-electron chi connectivity index (χ0n) is 9.24. The van der Waals surface area contributed by atoms with Crippen molar-refractivity contribution in [2.24, 2.45) is 0 Å². The zero-order chi connectivity index (χ0) is 12.3. The van der Waals surface area contributed by atoms with E-state index in [9.17, 15) is 4.79 Å². The molecule has 0 bridgehead atoms. The number of pyridine rings is 1. The van der Waals surface area contributed by atoms with Crippen LogP contribution in [0.5, 0.6) is 0 Å². The molecule has 4 nitrogen and oxygen atoms in total. The number of aromatic nitrogens is 1. The molecule has 17 heavy (non-hydrogen) atoms. The Bertz CT molecular complexity index is 557. The fourth-order valence-corrected chi connectivity index (χ4v) is 1.86. The Balaban J connectivity index is 2.37. The Hall–Kier alpha value is -1.62. The number of carbonyl (C=O) groups is 1. The van der Waals surface area contributed by atoms with Crippen LogP contribution in [0.15, 0.2) is 34.9 Å². The van der Waals surface area contributed by atoms with Gasteiger partial charge in [-0.3, -0.25) is 10.3 Å². The Morgan fingerprint density at radius 3 is 3.12 bits per heavy atom. The first kappa shape index (κ1) is 11.9. The molecule has 0 spiro atoms. The number of nitrogens with zero attached hydrogens (tertiary/aromatic N) is 1. The van der Waals surface area contributed by atoms with Crippen molar-refractivity contribution >= 4 is 38.6 Å². The summed E-state index contributed by atoms with van der Waals surface area (Å²) >= 11 is 3.36. The van der Waals surface area contributed by atoms with E-state index in [1.54, 1.807) is 19.2 Å². The predicted molar refractivity (Wildman–Crippen MR) is 70.1 cm³/mol. The molecule has 0 radical (unpaired) electrons. The highest BCUT2D eigenvalue weighted by Gasteiger charge is 2.06. The Labute approximate surface area is 107 Å². The lowest BCUT2D eigenvalue weighted by Crippen LogP contribution is -2.13. The smallest absolute Gasteiger partial charge is 0.411 e. The van der Waals surface area contributed by atoms with Crippen LogP contribution in [0.4, 0.5) is 10.5 Å². The molecule has 0 fully saturated rings. The van der Waals surface area contributed by atoms with Crippen LogP contribution in [0, 0.1) is 0 Å². The first-order valence-electron chi connectivity index (χ1n) is 5.18. The van der Waals surface area contributed by atoms with E-state index in [0.717, 1.165) is 15.4 Å². The number of hydrogen-bond donors (Lipinski definition) is 1. The van der Waals surface area contributed by atoms with Crippen LogP contribution in [-0.4, -0.2) is 17.7 Å². The molecule has 0 aliphatic heterocycles. The minimum Gasteiger partial charge on any atom is -0.450 e. The van der Waals surface area contributed by atoms with Gasteiger partial charge in [0.25, 0.3) is 0 Å². The molecular weight excluding hydrogens is 284 g/mol. The number of carbonyl (C=O) groups excluding carboxylic acids is 1. The number of benzene rings is 1. The van der Waals surface area contributed by atoms with E-state index in [1.807, 2.05) is 18.2 Å². The first-order valence-corrected chi connectivity index (χ1v) is 5.98. The van der Waals surface area contributed by atoms with Crippen molar-refractivity contribution in [3.05, 3.63) is 34.9 Å². The van der Waals surface area contributed by atoms with E-state index in [4.69, 9.17) is 4.74 Å². The first-order chi connectivity index (χ1) is 8.20. The summed E-state index contributed by atoms with van der Waals surface area (Å²) in [5.41, 5.74) is 1.39. The van der Waals surface area contributed by atoms with Crippen LogP contribution >= 0.6 is 15.9 Å². The zero-order valence-corrected chi connectivity index (χ0v) is 10.8. The van der Waals surface area contributed by atoms with Gasteiger partial charge in [0, 0.05) is 16.1 Å². The third-order valence-electron chi connectivity index (χ3n) is 2.19. The molecule has 5 heteroatoms. The number of hydrogen-bond acceptors (Lipinski definition) is 3. The number of anilines is 1. The summed E-state index contributed by atoms with van der Waals surface area (Å²) in [7, 11) is 0. The quantitative estimate of drug-likeness (QED) is 0.921.